The smallest absolute Gasteiger partial charge is 0.408 e. The van der Waals surface area contributed by atoms with Gasteiger partial charge < -0.3 is 15.5 Å². The van der Waals surface area contributed by atoms with E-state index in [2.05, 4.69) is 15.3 Å². The number of nitrogens with zero attached hydrogens (tertiary/aromatic N) is 3. The second-order valence-electron chi connectivity index (χ2n) is 7.21. The number of amides is 2. The minimum atomic E-state index is -1.14. The van der Waals surface area contributed by atoms with Gasteiger partial charge in [-0.2, -0.15) is 0 Å². The normalized spacial score (nSPS) is 27.0. The Balaban J connectivity index is 1.64. The summed E-state index contributed by atoms with van der Waals surface area (Å²) < 4.78 is 0. The molecule has 0 saturated carbocycles. The summed E-state index contributed by atoms with van der Waals surface area (Å²) in [6.07, 6.45) is -1.70. The number of amidine groups is 1. The number of aliphatic imine (C=N–C) groups is 1. The van der Waals surface area contributed by atoms with Crippen molar-refractivity contribution in [1.82, 2.24) is 15.2 Å². The third-order valence-corrected chi connectivity index (χ3v) is 6.30. The fourth-order valence-corrected chi connectivity index (χ4v) is 4.53. The van der Waals surface area contributed by atoms with E-state index in [9.17, 15) is 19.8 Å². The number of aromatic nitrogens is 1. The molecule has 3 heterocycles. The number of benzene rings is 1. The Bertz CT molecular complexity index is 971. The molecule has 1 unspecified atom stereocenters. The van der Waals surface area contributed by atoms with E-state index in [0.29, 0.717) is 5.56 Å². The molecule has 3 atom stereocenters. The molecule has 2 aliphatic heterocycles. The van der Waals surface area contributed by atoms with Gasteiger partial charge in [-0.15, -0.1) is 11.3 Å². The van der Waals surface area contributed by atoms with Crippen LogP contribution in [-0.2, 0) is 10.3 Å². The highest BCUT2D eigenvalue weighted by Crippen LogP contribution is 2.34. The highest BCUT2D eigenvalue weighted by Gasteiger charge is 2.46. The number of aryl methyl sites for hydroxylation is 1. The van der Waals surface area contributed by atoms with Crippen LogP contribution >= 0.6 is 11.3 Å². The minimum Gasteiger partial charge on any atom is -0.465 e. The number of nitrogens with one attached hydrogen (secondary N) is 1. The fourth-order valence-electron chi connectivity index (χ4n) is 3.72. The highest BCUT2D eigenvalue weighted by atomic mass is 32.1. The first-order valence-corrected chi connectivity index (χ1v) is 9.77. The number of carbonyl (C=O) groups excluding carboxylic acids is 1. The monoisotopic (exact) mass is 400 g/mol. The number of β-amino-alcohol motifs (C(OH)–C–C–N with tert-alkyl or cyclic N) is 1. The summed E-state index contributed by atoms with van der Waals surface area (Å²) in [6, 6.07) is 6.94. The number of hydrogen-bond donors (Lipinski definition) is 3. The molecule has 1 fully saturated rings. The molecule has 1 aromatic heterocycles. The van der Waals surface area contributed by atoms with E-state index in [4.69, 9.17) is 0 Å². The first kappa shape index (κ1) is 18.6. The lowest BCUT2D eigenvalue weighted by Crippen LogP contribution is -2.45. The lowest BCUT2D eigenvalue weighted by Gasteiger charge is -2.20. The van der Waals surface area contributed by atoms with E-state index in [0.717, 1.165) is 21.0 Å². The van der Waals surface area contributed by atoms with Gasteiger partial charge in [-0.1, -0.05) is 24.3 Å². The number of aliphatic hydroxyl groups is 1. The zero-order valence-electron chi connectivity index (χ0n) is 15.4. The number of aliphatic hydroxyl groups excluding tert-OH is 1. The van der Waals surface area contributed by atoms with Crippen LogP contribution in [0.5, 0.6) is 0 Å². The summed E-state index contributed by atoms with van der Waals surface area (Å²) >= 11 is 1.56. The average Bonchev–Trinajstić information content (AvgIpc) is 3.34. The molecule has 1 aromatic carbocycles. The molecule has 9 heteroatoms. The molecule has 0 aliphatic carbocycles. The number of rotatable bonds is 3. The first-order valence-electron chi connectivity index (χ1n) is 8.89. The predicted molar refractivity (Wildman–Crippen MR) is 104 cm³/mol. The Morgan fingerprint density at radius 3 is 2.68 bits per heavy atom. The lowest BCUT2D eigenvalue weighted by molar-refractivity contribution is -0.123. The molecule has 0 spiro atoms. The van der Waals surface area contributed by atoms with Gasteiger partial charge in [-0.3, -0.25) is 9.69 Å². The number of hydrogen-bond acceptors (Lipinski definition) is 6. The van der Waals surface area contributed by atoms with E-state index in [1.54, 1.807) is 23.8 Å². The summed E-state index contributed by atoms with van der Waals surface area (Å²) in [5.41, 5.74) is 3.34. The van der Waals surface area contributed by atoms with Crippen molar-refractivity contribution in [2.45, 2.75) is 38.0 Å². The van der Waals surface area contributed by atoms with Crippen LogP contribution in [0.15, 0.2) is 34.8 Å². The Morgan fingerprint density at radius 1 is 1.36 bits per heavy atom. The maximum absolute atomic E-state index is 12.7. The van der Waals surface area contributed by atoms with Crippen molar-refractivity contribution in [3.63, 3.8) is 0 Å². The largest absolute Gasteiger partial charge is 0.465 e. The molecule has 2 aromatic rings. The third kappa shape index (κ3) is 2.96. The first-order chi connectivity index (χ1) is 13.3. The van der Waals surface area contributed by atoms with Gasteiger partial charge in [0.15, 0.2) is 5.54 Å². The van der Waals surface area contributed by atoms with Crippen molar-refractivity contribution in [1.29, 1.82) is 0 Å². The second-order valence-corrected chi connectivity index (χ2v) is 8.06. The molecule has 0 bridgehead atoms. The van der Waals surface area contributed by atoms with E-state index in [1.165, 1.54) is 0 Å². The third-order valence-electron chi connectivity index (χ3n) is 5.32. The Morgan fingerprint density at radius 2 is 2.07 bits per heavy atom. The molecule has 2 aliphatic rings. The molecule has 146 valence electrons. The maximum Gasteiger partial charge on any atom is 0.408 e. The molecule has 4 rings (SSSR count). The van der Waals surface area contributed by atoms with Crippen LogP contribution in [0, 0.1) is 6.92 Å². The van der Waals surface area contributed by atoms with Gasteiger partial charge in [0, 0.05) is 6.42 Å². The van der Waals surface area contributed by atoms with Gasteiger partial charge in [0.1, 0.15) is 5.84 Å². The summed E-state index contributed by atoms with van der Waals surface area (Å²) in [4.78, 5) is 35.2. The number of carboxylic acid groups (broad SMARTS) is 1. The Hall–Kier alpha value is -2.78. The molecular weight excluding hydrogens is 380 g/mol. The zero-order chi connectivity index (χ0) is 20.1. The number of likely N-dealkylation sites (tertiary alicyclic amines) is 1. The van der Waals surface area contributed by atoms with Crippen molar-refractivity contribution in [2.75, 3.05) is 6.54 Å². The summed E-state index contributed by atoms with van der Waals surface area (Å²) in [5, 5.41) is 21.9. The molecule has 2 amide bonds. The average molecular weight is 400 g/mol. The van der Waals surface area contributed by atoms with Crippen LogP contribution in [-0.4, -0.2) is 56.6 Å². The summed E-state index contributed by atoms with van der Waals surface area (Å²) in [6.45, 7) is 3.67. The van der Waals surface area contributed by atoms with Gasteiger partial charge in [0.05, 0.1) is 34.8 Å². The molecule has 3 N–H and O–H groups in total. The SMILES string of the molecule is Cc1ncsc1-c1ccc([C@]2(C)N=C(C3C[C@@H](O)CN3C(=O)O)NC2=O)cc1. The van der Waals surface area contributed by atoms with Crippen LogP contribution < -0.4 is 5.32 Å². The molecule has 0 radical (unpaired) electrons. The molecule has 28 heavy (non-hydrogen) atoms. The van der Waals surface area contributed by atoms with Crippen LogP contribution in [0.1, 0.15) is 24.6 Å². The zero-order valence-corrected chi connectivity index (χ0v) is 16.2. The quantitative estimate of drug-likeness (QED) is 0.729. The standard InChI is InChI=1S/C19H20N4O4S/c1-10-15(28-9-20-10)11-3-5-12(6-4-11)19(2)17(25)21-16(22-19)14-7-13(24)8-23(14)18(26)27/h3-6,9,13-14,24H,7-8H2,1-2H3,(H,26,27)(H,21,22,25)/t13-,14?,19+/m1/s1. The summed E-state index contributed by atoms with van der Waals surface area (Å²) in [7, 11) is 0. The van der Waals surface area contributed by atoms with Gasteiger partial charge in [0.25, 0.3) is 5.91 Å². The molecule has 1 saturated heterocycles. The predicted octanol–water partition coefficient (Wildman–Crippen LogP) is 1.98. The highest BCUT2D eigenvalue weighted by molar-refractivity contribution is 7.13. The van der Waals surface area contributed by atoms with Crippen LogP contribution in [0.2, 0.25) is 0 Å². The molecule has 8 nitrogen and oxygen atoms in total. The van der Waals surface area contributed by atoms with Gasteiger partial charge in [-0.05, 0) is 25.0 Å². The van der Waals surface area contributed by atoms with Crippen molar-refractivity contribution in [2.24, 2.45) is 4.99 Å². The van der Waals surface area contributed by atoms with E-state index in [1.807, 2.05) is 31.2 Å². The lowest BCUT2D eigenvalue weighted by atomic mass is 9.91. The van der Waals surface area contributed by atoms with E-state index < -0.39 is 23.8 Å². The van der Waals surface area contributed by atoms with Crippen molar-refractivity contribution in [3.05, 3.63) is 41.0 Å². The van der Waals surface area contributed by atoms with Gasteiger partial charge in [0.2, 0.25) is 0 Å². The van der Waals surface area contributed by atoms with Gasteiger partial charge in [-0.25, -0.2) is 14.8 Å². The second kappa shape index (κ2) is 6.68. The van der Waals surface area contributed by atoms with E-state index >= 15 is 0 Å². The Labute approximate surface area is 165 Å². The van der Waals surface area contributed by atoms with Crippen LogP contribution in [0.3, 0.4) is 0 Å². The molecular formula is C19H20N4O4S. The van der Waals surface area contributed by atoms with Crippen LogP contribution in [0.4, 0.5) is 4.79 Å². The van der Waals surface area contributed by atoms with Crippen molar-refractivity contribution in [3.8, 4) is 10.4 Å². The number of thiazole rings is 1. The van der Waals surface area contributed by atoms with E-state index in [-0.39, 0.29) is 24.7 Å². The Kier molecular flexibility index (Phi) is 4.43. The maximum atomic E-state index is 12.7. The topological polar surface area (TPSA) is 115 Å². The van der Waals surface area contributed by atoms with Crippen molar-refractivity contribution >= 4 is 29.2 Å². The summed E-state index contributed by atoms with van der Waals surface area (Å²) in [5.74, 6) is -0.0234. The minimum absolute atomic E-state index is 0.00843. The van der Waals surface area contributed by atoms with Crippen LogP contribution in [0.25, 0.3) is 10.4 Å². The fraction of sp³-hybridized carbons (Fsp3) is 0.368. The van der Waals surface area contributed by atoms with Crippen molar-refractivity contribution < 1.29 is 19.8 Å². The van der Waals surface area contributed by atoms with Gasteiger partial charge >= 0.3 is 6.09 Å². The number of carbonyl (C=O) groups is 2.